The number of urea groups is 1. The molecule has 1 aliphatic heterocycles. The molecule has 146 valence electrons. The maximum absolute atomic E-state index is 12.7. The second kappa shape index (κ2) is 7.62. The zero-order valence-electron chi connectivity index (χ0n) is 16.4. The molecular weight excluding hydrogens is 352 g/mol. The third-order valence-corrected chi connectivity index (χ3v) is 5.57. The van der Waals surface area contributed by atoms with Crippen LogP contribution in [0.5, 0.6) is 0 Å². The van der Waals surface area contributed by atoms with E-state index in [4.69, 9.17) is 0 Å². The molecule has 0 bridgehead atoms. The molecule has 1 N–H and O–H groups in total. The third-order valence-electron chi connectivity index (χ3n) is 5.57. The number of rotatable bonds is 4. The number of hydrogen-bond donors (Lipinski definition) is 1. The molecule has 1 aromatic carbocycles. The van der Waals surface area contributed by atoms with Gasteiger partial charge in [0.05, 0.1) is 11.9 Å². The van der Waals surface area contributed by atoms with E-state index in [1.807, 2.05) is 36.9 Å². The van der Waals surface area contributed by atoms with Crippen LogP contribution in [0, 0.1) is 13.8 Å². The Morgan fingerprint density at radius 2 is 1.79 bits per heavy atom. The van der Waals surface area contributed by atoms with Crippen molar-refractivity contribution in [2.24, 2.45) is 0 Å². The van der Waals surface area contributed by atoms with E-state index in [1.165, 1.54) is 12.8 Å². The van der Waals surface area contributed by atoms with Gasteiger partial charge < -0.3 is 10.2 Å². The topological polar surface area (TPSA) is 65.5 Å². The van der Waals surface area contributed by atoms with Crippen molar-refractivity contribution in [2.75, 3.05) is 23.3 Å². The summed E-state index contributed by atoms with van der Waals surface area (Å²) in [5, 5.41) is 2.88. The zero-order valence-corrected chi connectivity index (χ0v) is 16.4. The highest BCUT2D eigenvalue weighted by molar-refractivity contribution is 6.04. The van der Waals surface area contributed by atoms with Gasteiger partial charge in [0.1, 0.15) is 5.82 Å². The second-order valence-corrected chi connectivity index (χ2v) is 7.80. The molecule has 0 radical (unpaired) electrons. The Kier molecular flexibility index (Phi) is 5.03. The number of benzene rings is 1. The van der Waals surface area contributed by atoms with Crippen molar-refractivity contribution < 1.29 is 9.59 Å². The lowest BCUT2D eigenvalue weighted by molar-refractivity contribution is 0.102. The minimum absolute atomic E-state index is 0.0476. The van der Waals surface area contributed by atoms with Crippen LogP contribution >= 0.6 is 0 Å². The smallest absolute Gasteiger partial charge is 0.321 e. The van der Waals surface area contributed by atoms with Crippen LogP contribution in [0.3, 0.4) is 0 Å². The molecule has 0 atom stereocenters. The predicted molar refractivity (Wildman–Crippen MR) is 110 cm³/mol. The molecule has 0 spiro atoms. The average Bonchev–Trinajstić information content (AvgIpc) is 3.31. The summed E-state index contributed by atoms with van der Waals surface area (Å²) in [7, 11) is 0. The molecule has 2 heterocycles. The first-order chi connectivity index (χ1) is 13.5. The molecular formula is C22H26N4O2. The van der Waals surface area contributed by atoms with Crippen molar-refractivity contribution in [3.05, 3.63) is 53.2 Å². The van der Waals surface area contributed by atoms with E-state index in [2.05, 4.69) is 10.3 Å². The first-order valence-corrected chi connectivity index (χ1v) is 9.95. The highest BCUT2D eigenvalue weighted by Crippen LogP contribution is 2.28. The van der Waals surface area contributed by atoms with Gasteiger partial charge in [-0.15, -0.1) is 0 Å². The van der Waals surface area contributed by atoms with E-state index in [0.717, 1.165) is 30.5 Å². The van der Waals surface area contributed by atoms with Gasteiger partial charge in [-0.2, -0.15) is 0 Å². The van der Waals surface area contributed by atoms with E-state index in [1.54, 1.807) is 23.2 Å². The van der Waals surface area contributed by atoms with Gasteiger partial charge in [-0.3, -0.25) is 9.69 Å². The minimum Gasteiger partial charge on any atom is -0.321 e. The highest BCUT2D eigenvalue weighted by atomic mass is 16.2. The van der Waals surface area contributed by atoms with E-state index in [-0.39, 0.29) is 11.9 Å². The monoisotopic (exact) mass is 378 g/mol. The van der Waals surface area contributed by atoms with Crippen LogP contribution in [0.2, 0.25) is 0 Å². The lowest BCUT2D eigenvalue weighted by Gasteiger charge is -2.23. The number of aryl methyl sites for hydroxylation is 2. The fourth-order valence-corrected chi connectivity index (χ4v) is 4.25. The quantitative estimate of drug-likeness (QED) is 0.870. The van der Waals surface area contributed by atoms with Gasteiger partial charge in [0.15, 0.2) is 0 Å². The summed E-state index contributed by atoms with van der Waals surface area (Å²) in [6, 6.07) is 9.80. The van der Waals surface area contributed by atoms with Crippen LogP contribution in [0.25, 0.3) is 0 Å². The summed E-state index contributed by atoms with van der Waals surface area (Å²) < 4.78 is 0. The molecule has 2 aromatic rings. The molecule has 2 fully saturated rings. The number of aromatic nitrogens is 1. The number of pyridine rings is 1. The van der Waals surface area contributed by atoms with Crippen molar-refractivity contribution in [1.29, 1.82) is 0 Å². The normalized spacial score (nSPS) is 17.4. The summed E-state index contributed by atoms with van der Waals surface area (Å²) in [5.74, 6) is 0.473. The number of nitrogens with one attached hydrogen (secondary N) is 1. The summed E-state index contributed by atoms with van der Waals surface area (Å²) in [6.07, 6.45) is 6.25. The van der Waals surface area contributed by atoms with Gasteiger partial charge in [-0.25, -0.2) is 9.78 Å². The molecule has 4 rings (SSSR count). The molecule has 1 aromatic heterocycles. The Labute approximate surface area is 165 Å². The van der Waals surface area contributed by atoms with E-state index >= 15 is 0 Å². The van der Waals surface area contributed by atoms with Crippen LogP contribution in [0.15, 0.2) is 36.5 Å². The van der Waals surface area contributed by atoms with Crippen LogP contribution in [-0.2, 0) is 0 Å². The Bertz CT molecular complexity index is 868. The largest absolute Gasteiger partial charge is 0.326 e. The van der Waals surface area contributed by atoms with E-state index in [0.29, 0.717) is 29.7 Å². The number of carbonyl (C=O) groups excluding carboxylic acids is 2. The SMILES string of the molecule is Cc1cc(C)cc(C(=O)Nc2ccc(N3CCN(C4CCCC4)C3=O)nc2)c1. The van der Waals surface area contributed by atoms with Crippen molar-refractivity contribution in [2.45, 2.75) is 45.6 Å². The summed E-state index contributed by atoms with van der Waals surface area (Å²) in [5.41, 5.74) is 3.35. The van der Waals surface area contributed by atoms with E-state index in [9.17, 15) is 9.59 Å². The molecule has 3 amide bonds. The van der Waals surface area contributed by atoms with Gasteiger partial charge in [-0.1, -0.05) is 30.0 Å². The van der Waals surface area contributed by atoms with E-state index < -0.39 is 0 Å². The van der Waals surface area contributed by atoms with Gasteiger partial charge in [0, 0.05) is 24.7 Å². The van der Waals surface area contributed by atoms with Crippen molar-refractivity contribution in [3.63, 3.8) is 0 Å². The Morgan fingerprint density at radius 3 is 2.43 bits per heavy atom. The summed E-state index contributed by atoms with van der Waals surface area (Å²) in [6.45, 7) is 5.37. The average molecular weight is 378 g/mol. The molecule has 1 aliphatic carbocycles. The van der Waals surface area contributed by atoms with Crippen LogP contribution in [0.4, 0.5) is 16.3 Å². The number of carbonyl (C=O) groups is 2. The second-order valence-electron chi connectivity index (χ2n) is 7.80. The van der Waals surface area contributed by atoms with Gasteiger partial charge in [0.2, 0.25) is 0 Å². The minimum atomic E-state index is -0.161. The Morgan fingerprint density at radius 1 is 1.07 bits per heavy atom. The zero-order chi connectivity index (χ0) is 19.7. The first-order valence-electron chi connectivity index (χ1n) is 9.95. The van der Waals surface area contributed by atoms with Gasteiger partial charge >= 0.3 is 6.03 Å². The number of hydrogen-bond acceptors (Lipinski definition) is 3. The van der Waals surface area contributed by atoms with Gasteiger partial charge in [0.25, 0.3) is 5.91 Å². The number of amides is 3. The molecule has 6 nitrogen and oxygen atoms in total. The molecule has 1 saturated heterocycles. The summed E-state index contributed by atoms with van der Waals surface area (Å²) in [4.78, 5) is 33.4. The number of anilines is 2. The van der Waals surface area contributed by atoms with Crippen molar-refractivity contribution >= 4 is 23.4 Å². The number of nitrogens with zero attached hydrogens (tertiary/aromatic N) is 3. The first kappa shape index (κ1) is 18.5. The molecule has 0 unspecified atom stereocenters. The third kappa shape index (κ3) is 3.72. The maximum atomic E-state index is 12.7. The molecule has 6 heteroatoms. The van der Waals surface area contributed by atoms with Crippen molar-refractivity contribution in [3.8, 4) is 0 Å². The molecule has 1 saturated carbocycles. The maximum Gasteiger partial charge on any atom is 0.326 e. The van der Waals surface area contributed by atoms with Crippen LogP contribution < -0.4 is 10.2 Å². The highest BCUT2D eigenvalue weighted by Gasteiger charge is 2.36. The lowest BCUT2D eigenvalue weighted by atomic mass is 10.1. The fourth-order valence-electron chi connectivity index (χ4n) is 4.25. The van der Waals surface area contributed by atoms with Crippen LogP contribution in [-0.4, -0.2) is 41.0 Å². The lowest BCUT2D eigenvalue weighted by Crippen LogP contribution is -2.38. The summed E-state index contributed by atoms with van der Waals surface area (Å²) >= 11 is 0. The van der Waals surface area contributed by atoms with Gasteiger partial charge in [-0.05, 0) is 51.0 Å². The van der Waals surface area contributed by atoms with Crippen molar-refractivity contribution in [1.82, 2.24) is 9.88 Å². The molecule has 2 aliphatic rings. The Hall–Kier alpha value is -2.89. The Balaban J connectivity index is 1.42. The predicted octanol–water partition coefficient (Wildman–Crippen LogP) is 4.14. The fraction of sp³-hybridized carbons (Fsp3) is 0.409. The molecule has 28 heavy (non-hydrogen) atoms. The van der Waals surface area contributed by atoms with Crippen LogP contribution in [0.1, 0.15) is 47.2 Å². The standard InChI is InChI=1S/C22H26N4O2/c1-15-11-16(2)13-17(12-15)21(27)24-18-7-8-20(23-14-18)26-10-9-25(22(26)28)19-5-3-4-6-19/h7-8,11-14,19H,3-6,9-10H2,1-2H3,(H,24,27).